The van der Waals surface area contributed by atoms with Gasteiger partial charge in [-0.2, -0.15) is 5.10 Å². The number of alkyl halides is 1. The Kier molecular flexibility index (Phi) is 4.51. The Morgan fingerprint density at radius 3 is 2.81 bits per heavy atom. The third kappa shape index (κ3) is 2.95. The molecule has 3 nitrogen and oxygen atoms in total. The lowest BCUT2D eigenvalue weighted by atomic mass is 9.94. The Morgan fingerprint density at radius 2 is 2.05 bits per heavy atom. The highest BCUT2D eigenvalue weighted by Crippen LogP contribution is 2.28. The molecular weight excluding hydrogens is 282 g/mol. The normalized spacial score (nSPS) is 23.0. The number of aromatic nitrogens is 2. The van der Waals surface area contributed by atoms with Gasteiger partial charge in [0.05, 0.1) is 11.2 Å². The van der Waals surface area contributed by atoms with E-state index in [1.54, 1.807) is 0 Å². The van der Waals surface area contributed by atoms with E-state index in [0.29, 0.717) is 6.04 Å². The molecule has 3 rings (SSSR count). The lowest BCUT2D eigenvalue weighted by Gasteiger charge is -2.34. The maximum absolute atomic E-state index is 6.53. The zero-order valence-electron chi connectivity index (χ0n) is 12.9. The van der Waals surface area contributed by atoms with Crippen LogP contribution in [0.15, 0.2) is 24.3 Å². The summed E-state index contributed by atoms with van der Waals surface area (Å²) in [5.41, 5.74) is 2.40. The van der Waals surface area contributed by atoms with Crippen molar-refractivity contribution in [2.45, 2.75) is 57.1 Å². The van der Waals surface area contributed by atoms with E-state index in [1.165, 1.54) is 35.9 Å². The molecule has 1 saturated carbocycles. The van der Waals surface area contributed by atoms with Crippen LogP contribution in [0.1, 0.15) is 38.3 Å². The minimum Gasteiger partial charge on any atom is -0.296 e. The zero-order chi connectivity index (χ0) is 14.8. The summed E-state index contributed by atoms with van der Waals surface area (Å²) in [5, 5.41) is 6.35. The minimum absolute atomic E-state index is 0.281. The van der Waals surface area contributed by atoms with Gasteiger partial charge in [0.1, 0.15) is 0 Å². The van der Waals surface area contributed by atoms with Gasteiger partial charge in [-0.3, -0.25) is 9.58 Å². The van der Waals surface area contributed by atoms with Crippen LogP contribution in [0.5, 0.6) is 0 Å². The van der Waals surface area contributed by atoms with E-state index in [2.05, 4.69) is 47.8 Å². The summed E-state index contributed by atoms with van der Waals surface area (Å²) in [4.78, 5) is 2.39. The van der Waals surface area contributed by atoms with Crippen LogP contribution >= 0.6 is 11.6 Å². The van der Waals surface area contributed by atoms with Gasteiger partial charge in [0.25, 0.3) is 0 Å². The molecule has 0 N–H and O–H groups in total. The SMILES string of the molecule is CCn1nc(CN(C)C2CCCCC2Cl)c2ccccc21. The Balaban J connectivity index is 1.84. The molecule has 0 amide bonds. The quantitative estimate of drug-likeness (QED) is 0.795. The molecule has 1 heterocycles. The molecular formula is C17H24ClN3. The summed E-state index contributed by atoms with van der Waals surface area (Å²) in [5.74, 6) is 0. The molecule has 4 heteroatoms. The van der Waals surface area contributed by atoms with Crippen LogP contribution in [-0.2, 0) is 13.1 Å². The number of fused-ring (bicyclic) bond motifs is 1. The summed E-state index contributed by atoms with van der Waals surface area (Å²) in [6.07, 6.45) is 4.91. The van der Waals surface area contributed by atoms with Crippen molar-refractivity contribution >= 4 is 22.5 Å². The molecule has 1 aromatic carbocycles. The van der Waals surface area contributed by atoms with Crippen molar-refractivity contribution in [3.8, 4) is 0 Å². The van der Waals surface area contributed by atoms with E-state index in [1.807, 2.05) is 0 Å². The van der Waals surface area contributed by atoms with Crippen molar-refractivity contribution in [1.29, 1.82) is 0 Å². The van der Waals surface area contributed by atoms with Gasteiger partial charge >= 0.3 is 0 Å². The summed E-state index contributed by atoms with van der Waals surface area (Å²) in [6.45, 7) is 3.93. The molecule has 0 spiro atoms. The van der Waals surface area contributed by atoms with Gasteiger partial charge in [-0.1, -0.05) is 31.0 Å². The molecule has 114 valence electrons. The van der Waals surface area contributed by atoms with Crippen molar-refractivity contribution in [1.82, 2.24) is 14.7 Å². The maximum atomic E-state index is 6.53. The van der Waals surface area contributed by atoms with Crippen LogP contribution in [0.4, 0.5) is 0 Å². The Hall–Kier alpha value is -1.06. The first-order valence-corrected chi connectivity index (χ1v) is 8.43. The number of hydrogen-bond acceptors (Lipinski definition) is 2. The summed E-state index contributed by atoms with van der Waals surface area (Å²) in [6, 6.07) is 8.99. The molecule has 2 aromatic rings. The number of halogens is 1. The number of nitrogens with zero attached hydrogens (tertiary/aromatic N) is 3. The molecule has 2 atom stereocenters. The number of aryl methyl sites for hydroxylation is 1. The molecule has 1 aliphatic rings. The van der Waals surface area contributed by atoms with Crippen molar-refractivity contribution < 1.29 is 0 Å². The minimum atomic E-state index is 0.281. The second-order valence-electron chi connectivity index (χ2n) is 6.06. The van der Waals surface area contributed by atoms with Gasteiger partial charge < -0.3 is 0 Å². The zero-order valence-corrected chi connectivity index (χ0v) is 13.7. The van der Waals surface area contributed by atoms with Crippen molar-refractivity contribution in [3.63, 3.8) is 0 Å². The van der Waals surface area contributed by atoms with E-state index in [4.69, 9.17) is 16.7 Å². The summed E-state index contributed by atoms with van der Waals surface area (Å²) in [7, 11) is 2.19. The van der Waals surface area contributed by atoms with Crippen molar-refractivity contribution in [2.75, 3.05) is 7.05 Å². The van der Waals surface area contributed by atoms with Crippen molar-refractivity contribution in [3.05, 3.63) is 30.0 Å². The first-order chi connectivity index (χ1) is 10.2. The largest absolute Gasteiger partial charge is 0.296 e. The molecule has 0 radical (unpaired) electrons. The number of hydrogen-bond donors (Lipinski definition) is 0. The van der Waals surface area contributed by atoms with E-state index in [9.17, 15) is 0 Å². The molecule has 2 unspecified atom stereocenters. The molecule has 0 bridgehead atoms. The third-order valence-corrected chi connectivity index (χ3v) is 5.16. The third-order valence-electron chi connectivity index (χ3n) is 4.65. The lowest BCUT2D eigenvalue weighted by molar-refractivity contribution is 0.187. The van der Waals surface area contributed by atoms with Crippen LogP contribution < -0.4 is 0 Å². The monoisotopic (exact) mass is 305 g/mol. The smallest absolute Gasteiger partial charge is 0.0843 e. The first-order valence-electron chi connectivity index (χ1n) is 7.99. The molecule has 1 fully saturated rings. The molecule has 21 heavy (non-hydrogen) atoms. The predicted molar refractivity (Wildman–Crippen MR) is 88.8 cm³/mol. The molecule has 1 aliphatic carbocycles. The average Bonchev–Trinajstić information content (AvgIpc) is 2.86. The van der Waals surface area contributed by atoms with Crippen LogP contribution in [0.2, 0.25) is 0 Å². The Labute approximate surface area is 131 Å². The molecule has 1 aromatic heterocycles. The fourth-order valence-corrected chi connectivity index (χ4v) is 3.94. The van der Waals surface area contributed by atoms with Gasteiger partial charge in [0.2, 0.25) is 0 Å². The van der Waals surface area contributed by atoms with Crippen LogP contribution in [0, 0.1) is 0 Å². The maximum Gasteiger partial charge on any atom is 0.0843 e. The highest BCUT2D eigenvalue weighted by atomic mass is 35.5. The summed E-state index contributed by atoms with van der Waals surface area (Å²) >= 11 is 6.53. The van der Waals surface area contributed by atoms with E-state index >= 15 is 0 Å². The number of rotatable bonds is 4. The van der Waals surface area contributed by atoms with Crippen molar-refractivity contribution in [2.24, 2.45) is 0 Å². The van der Waals surface area contributed by atoms with Crippen LogP contribution in [0.3, 0.4) is 0 Å². The molecule has 0 saturated heterocycles. The summed E-state index contributed by atoms with van der Waals surface area (Å²) < 4.78 is 2.09. The lowest BCUT2D eigenvalue weighted by Crippen LogP contribution is -2.40. The Bertz CT molecular complexity index is 607. The van der Waals surface area contributed by atoms with E-state index in [0.717, 1.165) is 19.5 Å². The second-order valence-corrected chi connectivity index (χ2v) is 6.62. The first kappa shape index (κ1) is 14.9. The number of benzene rings is 1. The van der Waals surface area contributed by atoms with Gasteiger partial charge in [-0.15, -0.1) is 11.6 Å². The fourth-order valence-electron chi connectivity index (χ4n) is 3.47. The average molecular weight is 306 g/mol. The predicted octanol–water partition coefficient (Wildman–Crippen LogP) is 4.04. The highest BCUT2D eigenvalue weighted by molar-refractivity contribution is 6.21. The topological polar surface area (TPSA) is 21.1 Å². The Morgan fingerprint density at radius 1 is 1.29 bits per heavy atom. The van der Waals surface area contributed by atoms with E-state index < -0.39 is 0 Å². The highest BCUT2D eigenvalue weighted by Gasteiger charge is 2.27. The van der Waals surface area contributed by atoms with Gasteiger partial charge in [-0.25, -0.2) is 0 Å². The standard InChI is InChI=1S/C17H24ClN3/c1-3-21-16-10-6-4-8-13(16)15(19-21)12-20(2)17-11-7-5-9-14(17)18/h4,6,8,10,14,17H,3,5,7,9,11-12H2,1-2H3. The number of para-hydroxylation sites is 1. The van der Waals surface area contributed by atoms with Gasteiger partial charge in [0.15, 0.2) is 0 Å². The van der Waals surface area contributed by atoms with E-state index in [-0.39, 0.29) is 5.38 Å². The van der Waals surface area contributed by atoms with Crippen LogP contribution in [0.25, 0.3) is 10.9 Å². The van der Waals surface area contributed by atoms with Crippen LogP contribution in [-0.4, -0.2) is 33.1 Å². The van der Waals surface area contributed by atoms with Gasteiger partial charge in [0, 0.05) is 29.9 Å². The molecule has 0 aliphatic heterocycles. The fraction of sp³-hybridized carbons (Fsp3) is 0.588. The van der Waals surface area contributed by atoms with Gasteiger partial charge in [-0.05, 0) is 32.9 Å². The second kappa shape index (κ2) is 6.37.